The Morgan fingerprint density at radius 2 is 1.91 bits per heavy atom. The van der Waals surface area contributed by atoms with Gasteiger partial charge >= 0.3 is 0 Å². The van der Waals surface area contributed by atoms with Crippen molar-refractivity contribution < 1.29 is 4.74 Å². The van der Waals surface area contributed by atoms with Gasteiger partial charge < -0.3 is 10.1 Å². The highest BCUT2D eigenvalue weighted by Gasteiger charge is 2.15. The van der Waals surface area contributed by atoms with Crippen molar-refractivity contribution in [1.82, 2.24) is 5.32 Å². The lowest BCUT2D eigenvalue weighted by atomic mass is 10.0. The van der Waals surface area contributed by atoms with Gasteiger partial charge in [0.05, 0.1) is 0 Å². The van der Waals surface area contributed by atoms with Crippen molar-refractivity contribution in [3.05, 3.63) is 64.2 Å². The van der Waals surface area contributed by atoms with Crippen LogP contribution in [0.2, 0.25) is 5.02 Å². The van der Waals surface area contributed by atoms with Crippen molar-refractivity contribution >= 4 is 11.6 Å². The third-order valence-electron chi connectivity index (χ3n) is 4.14. The summed E-state index contributed by atoms with van der Waals surface area (Å²) in [6, 6.07) is 14.2. The molecule has 124 valence electrons. The summed E-state index contributed by atoms with van der Waals surface area (Å²) in [6.45, 7) is 9.97. The Balaban J connectivity index is 2.09. The normalized spacial score (nSPS) is 11.5. The maximum absolute atomic E-state index is 6.16. The minimum Gasteiger partial charge on any atom is -0.489 e. The van der Waals surface area contributed by atoms with Gasteiger partial charge in [-0.05, 0) is 51.0 Å². The molecule has 0 spiro atoms. The molecule has 2 rings (SSSR count). The quantitative estimate of drug-likeness (QED) is 0.722. The SMILES string of the molecule is CCC(C)(C)NCc1cc(Cl)ccc1OCc1cccc(C)c1. The molecule has 0 radical (unpaired) electrons. The van der Waals surface area contributed by atoms with Crippen LogP contribution in [0.4, 0.5) is 0 Å². The summed E-state index contributed by atoms with van der Waals surface area (Å²) in [4.78, 5) is 0. The molecule has 3 heteroatoms. The largest absolute Gasteiger partial charge is 0.489 e. The van der Waals surface area contributed by atoms with Crippen molar-refractivity contribution in [2.45, 2.75) is 52.8 Å². The van der Waals surface area contributed by atoms with Crippen LogP contribution in [0, 0.1) is 6.92 Å². The van der Waals surface area contributed by atoms with E-state index < -0.39 is 0 Å². The molecule has 2 nitrogen and oxygen atoms in total. The van der Waals surface area contributed by atoms with E-state index in [4.69, 9.17) is 16.3 Å². The number of rotatable bonds is 7. The van der Waals surface area contributed by atoms with Crippen LogP contribution >= 0.6 is 11.6 Å². The van der Waals surface area contributed by atoms with Crippen molar-refractivity contribution in [2.75, 3.05) is 0 Å². The second-order valence-corrected chi connectivity index (χ2v) is 7.06. The molecule has 0 heterocycles. The average Bonchev–Trinajstić information content (AvgIpc) is 2.52. The summed E-state index contributed by atoms with van der Waals surface area (Å²) in [7, 11) is 0. The number of halogens is 1. The standard InChI is InChI=1S/C20H26ClNO/c1-5-20(3,4)22-13-17-12-18(21)9-10-19(17)23-14-16-8-6-7-15(2)11-16/h6-12,22H,5,13-14H2,1-4H3. The lowest BCUT2D eigenvalue weighted by Gasteiger charge is -2.25. The smallest absolute Gasteiger partial charge is 0.124 e. The first kappa shape index (κ1) is 17.8. The summed E-state index contributed by atoms with van der Waals surface area (Å²) in [5, 5.41) is 4.30. The zero-order valence-electron chi connectivity index (χ0n) is 14.4. The minimum atomic E-state index is 0.0934. The average molecular weight is 332 g/mol. The number of ether oxygens (including phenoxy) is 1. The summed E-state index contributed by atoms with van der Waals surface area (Å²) in [5.41, 5.74) is 3.60. The maximum atomic E-state index is 6.16. The lowest BCUT2D eigenvalue weighted by Crippen LogP contribution is -2.37. The molecular formula is C20H26ClNO. The van der Waals surface area contributed by atoms with Crippen LogP contribution in [0.5, 0.6) is 5.75 Å². The van der Waals surface area contributed by atoms with Gasteiger partial charge in [0.1, 0.15) is 12.4 Å². The molecule has 0 fully saturated rings. The molecule has 2 aromatic carbocycles. The highest BCUT2D eigenvalue weighted by Crippen LogP contribution is 2.25. The number of nitrogens with one attached hydrogen (secondary N) is 1. The Hall–Kier alpha value is -1.51. The molecule has 0 bridgehead atoms. The number of hydrogen-bond acceptors (Lipinski definition) is 2. The van der Waals surface area contributed by atoms with E-state index in [0.29, 0.717) is 6.61 Å². The van der Waals surface area contributed by atoms with Crippen LogP contribution in [0.15, 0.2) is 42.5 Å². The molecule has 0 saturated carbocycles. The first-order chi connectivity index (χ1) is 10.9. The third kappa shape index (κ3) is 5.56. The van der Waals surface area contributed by atoms with E-state index in [1.807, 2.05) is 18.2 Å². The second-order valence-electron chi connectivity index (χ2n) is 6.62. The van der Waals surface area contributed by atoms with Gasteiger partial charge in [0.25, 0.3) is 0 Å². The van der Waals surface area contributed by atoms with Gasteiger partial charge in [-0.15, -0.1) is 0 Å². The third-order valence-corrected chi connectivity index (χ3v) is 4.38. The van der Waals surface area contributed by atoms with Crippen molar-refractivity contribution in [3.63, 3.8) is 0 Å². The van der Waals surface area contributed by atoms with Gasteiger partial charge in [-0.2, -0.15) is 0 Å². The zero-order chi connectivity index (χ0) is 16.9. The Kier molecular flexibility index (Phi) is 6.09. The van der Waals surface area contributed by atoms with E-state index in [1.54, 1.807) is 0 Å². The molecule has 2 aromatic rings. The van der Waals surface area contributed by atoms with Gasteiger partial charge in [-0.25, -0.2) is 0 Å². The molecular weight excluding hydrogens is 306 g/mol. The topological polar surface area (TPSA) is 21.3 Å². The van der Waals surface area contributed by atoms with Gasteiger partial charge in [-0.1, -0.05) is 48.4 Å². The molecule has 0 aliphatic rings. The molecule has 0 amide bonds. The van der Waals surface area contributed by atoms with E-state index in [-0.39, 0.29) is 5.54 Å². The van der Waals surface area contributed by atoms with Gasteiger partial charge in [-0.3, -0.25) is 0 Å². The highest BCUT2D eigenvalue weighted by atomic mass is 35.5. The van der Waals surface area contributed by atoms with E-state index in [1.165, 1.54) is 11.1 Å². The molecule has 0 aliphatic carbocycles. The molecule has 0 aliphatic heterocycles. The van der Waals surface area contributed by atoms with Crippen LogP contribution in [-0.4, -0.2) is 5.54 Å². The van der Waals surface area contributed by atoms with Gasteiger partial charge in [0.15, 0.2) is 0 Å². The monoisotopic (exact) mass is 331 g/mol. The number of benzene rings is 2. The van der Waals surface area contributed by atoms with E-state index in [2.05, 4.69) is 57.3 Å². The maximum Gasteiger partial charge on any atom is 0.124 e. The lowest BCUT2D eigenvalue weighted by molar-refractivity contribution is 0.298. The van der Waals surface area contributed by atoms with Gasteiger partial charge in [0, 0.05) is 22.7 Å². The summed E-state index contributed by atoms with van der Waals surface area (Å²) in [6.07, 6.45) is 1.06. The van der Waals surface area contributed by atoms with Crippen LogP contribution in [0.25, 0.3) is 0 Å². The van der Waals surface area contributed by atoms with Crippen LogP contribution < -0.4 is 10.1 Å². The molecule has 0 aromatic heterocycles. The molecule has 23 heavy (non-hydrogen) atoms. The summed E-state index contributed by atoms with van der Waals surface area (Å²) < 4.78 is 6.03. The predicted molar refractivity (Wildman–Crippen MR) is 98.2 cm³/mol. The Labute approximate surface area is 144 Å². The summed E-state index contributed by atoms with van der Waals surface area (Å²) >= 11 is 6.16. The highest BCUT2D eigenvalue weighted by molar-refractivity contribution is 6.30. The first-order valence-electron chi connectivity index (χ1n) is 8.11. The van der Waals surface area contributed by atoms with Crippen LogP contribution in [-0.2, 0) is 13.2 Å². The van der Waals surface area contributed by atoms with Crippen LogP contribution in [0.3, 0.4) is 0 Å². The molecule has 0 atom stereocenters. The number of hydrogen-bond donors (Lipinski definition) is 1. The van der Waals surface area contributed by atoms with E-state index in [0.717, 1.165) is 29.3 Å². The summed E-state index contributed by atoms with van der Waals surface area (Å²) in [5.74, 6) is 0.885. The van der Waals surface area contributed by atoms with Crippen LogP contribution in [0.1, 0.15) is 43.9 Å². The minimum absolute atomic E-state index is 0.0934. The molecule has 0 unspecified atom stereocenters. The predicted octanol–water partition coefficient (Wildman–Crippen LogP) is 5.51. The zero-order valence-corrected chi connectivity index (χ0v) is 15.2. The Morgan fingerprint density at radius 1 is 1.13 bits per heavy atom. The second kappa shape index (κ2) is 7.85. The van der Waals surface area contributed by atoms with Crippen molar-refractivity contribution in [2.24, 2.45) is 0 Å². The Morgan fingerprint density at radius 3 is 2.61 bits per heavy atom. The number of aryl methyl sites for hydroxylation is 1. The fraction of sp³-hybridized carbons (Fsp3) is 0.400. The molecule has 1 N–H and O–H groups in total. The van der Waals surface area contributed by atoms with Crippen molar-refractivity contribution in [1.29, 1.82) is 0 Å². The van der Waals surface area contributed by atoms with Crippen molar-refractivity contribution in [3.8, 4) is 5.75 Å². The Bertz CT molecular complexity index is 652. The fourth-order valence-electron chi connectivity index (χ4n) is 2.25. The first-order valence-corrected chi connectivity index (χ1v) is 8.49. The van der Waals surface area contributed by atoms with E-state index in [9.17, 15) is 0 Å². The van der Waals surface area contributed by atoms with Gasteiger partial charge in [0.2, 0.25) is 0 Å². The van der Waals surface area contributed by atoms with E-state index >= 15 is 0 Å². The fourth-order valence-corrected chi connectivity index (χ4v) is 2.44. The molecule has 0 saturated heterocycles.